The number of aryl methyl sites for hydroxylation is 1. The Balaban J connectivity index is 1.55. The molecule has 1 atom stereocenters. The maximum absolute atomic E-state index is 13.7. The zero-order valence-corrected chi connectivity index (χ0v) is 13.9. The van der Waals surface area contributed by atoms with Crippen LogP contribution in [0.4, 0.5) is 4.39 Å². The Morgan fingerprint density at radius 2 is 2.12 bits per heavy atom. The Hall–Kier alpha value is -2.11. The van der Waals surface area contributed by atoms with Gasteiger partial charge in [-0.3, -0.25) is 9.59 Å². The van der Waals surface area contributed by atoms with Gasteiger partial charge in [0, 0.05) is 19.0 Å². The Kier molecular flexibility index (Phi) is 5.02. The Bertz CT molecular complexity index is 631. The highest BCUT2D eigenvalue weighted by atomic mass is 19.1. The molecule has 2 fully saturated rings. The lowest BCUT2D eigenvalue weighted by atomic mass is 10.1. The van der Waals surface area contributed by atoms with Crippen molar-refractivity contribution in [3.8, 4) is 5.75 Å². The molecule has 1 aliphatic heterocycles. The van der Waals surface area contributed by atoms with E-state index in [2.05, 4.69) is 5.32 Å². The molecular weight excluding hydrogens is 311 g/mol. The van der Waals surface area contributed by atoms with Gasteiger partial charge in [0.2, 0.25) is 11.8 Å². The molecule has 0 radical (unpaired) electrons. The molecule has 0 spiro atoms. The third kappa shape index (κ3) is 3.86. The molecule has 24 heavy (non-hydrogen) atoms. The summed E-state index contributed by atoms with van der Waals surface area (Å²) < 4.78 is 18.6. The molecule has 1 aliphatic carbocycles. The number of likely N-dealkylation sites (tertiary alicyclic amines) is 1. The van der Waals surface area contributed by atoms with Crippen LogP contribution < -0.4 is 10.1 Å². The molecule has 1 aromatic carbocycles. The summed E-state index contributed by atoms with van der Waals surface area (Å²) in [5, 5.41) is 2.98. The lowest BCUT2D eigenvalue weighted by molar-refractivity contribution is -0.138. The minimum atomic E-state index is -0.426. The van der Waals surface area contributed by atoms with Crippen molar-refractivity contribution in [3.05, 3.63) is 29.6 Å². The maximum Gasteiger partial charge on any atom is 0.243 e. The number of ether oxygens (including phenoxy) is 1. The van der Waals surface area contributed by atoms with Crippen LogP contribution in [0.25, 0.3) is 0 Å². The minimum Gasteiger partial charge on any atom is -0.494 e. The summed E-state index contributed by atoms with van der Waals surface area (Å²) in [6.07, 6.45) is 4.38. The monoisotopic (exact) mass is 334 g/mol. The van der Waals surface area contributed by atoms with E-state index in [9.17, 15) is 14.0 Å². The second kappa shape index (κ2) is 7.20. The topological polar surface area (TPSA) is 58.6 Å². The van der Waals surface area contributed by atoms with Gasteiger partial charge in [0.15, 0.2) is 11.6 Å². The molecule has 2 aliphatic rings. The fraction of sp³-hybridized carbons (Fsp3) is 0.556. The predicted molar refractivity (Wildman–Crippen MR) is 87.2 cm³/mol. The quantitative estimate of drug-likeness (QED) is 0.866. The molecule has 1 saturated heterocycles. The van der Waals surface area contributed by atoms with Gasteiger partial charge >= 0.3 is 0 Å². The fourth-order valence-electron chi connectivity index (χ4n) is 3.12. The molecule has 130 valence electrons. The summed E-state index contributed by atoms with van der Waals surface area (Å²) in [5.74, 6) is -0.301. The molecule has 1 aromatic rings. The number of rotatable bonds is 6. The first-order valence-electron chi connectivity index (χ1n) is 8.50. The molecule has 5 nitrogen and oxygen atoms in total. The van der Waals surface area contributed by atoms with E-state index in [0.29, 0.717) is 19.0 Å². The highest BCUT2D eigenvalue weighted by molar-refractivity contribution is 5.88. The van der Waals surface area contributed by atoms with Crippen LogP contribution in [-0.4, -0.2) is 42.5 Å². The van der Waals surface area contributed by atoms with E-state index in [1.54, 1.807) is 17.0 Å². The van der Waals surface area contributed by atoms with Crippen LogP contribution in [0.1, 0.15) is 37.7 Å². The third-order valence-electron chi connectivity index (χ3n) is 4.64. The molecule has 1 heterocycles. The first-order valence-corrected chi connectivity index (χ1v) is 8.50. The first kappa shape index (κ1) is 16.7. The van der Waals surface area contributed by atoms with Crippen LogP contribution in [-0.2, 0) is 16.0 Å². The van der Waals surface area contributed by atoms with Crippen molar-refractivity contribution in [1.82, 2.24) is 10.2 Å². The zero-order valence-electron chi connectivity index (χ0n) is 13.9. The summed E-state index contributed by atoms with van der Waals surface area (Å²) in [7, 11) is 1.42. The highest BCUT2D eigenvalue weighted by Crippen LogP contribution is 2.24. The molecule has 1 N–H and O–H groups in total. The van der Waals surface area contributed by atoms with Gasteiger partial charge in [-0.2, -0.15) is 0 Å². The average Bonchev–Trinajstić information content (AvgIpc) is 3.24. The van der Waals surface area contributed by atoms with E-state index in [1.807, 2.05) is 0 Å². The lowest BCUT2D eigenvalue weighted by Gasteiger charge is -2.24. The molecule has 1 saturated carbocycles. The zero-order chi connectivity index (χ0) is 17.1. The Morgan fingerprint density at radius 3 is 2.79 bits per heavy atom. The molecule has 6 heteroatoms. The average molecular weight is 334 g/mol. The number of benzene rings is 1. The molecule has 0 bridgehead atoms. The highest BCUT2D eigenvalue weighted by Gasteiger charge is 2.36. The number of nitrogens with zero attached hydrogens (tertiary/aromatic N) is 1. The van der Waals surface area contributed by atoms with Crippen LogP contribution in [0.5, 0.6) is 5.75 Å². The van der Waals surface area contributed by atoms with Crippen molar-refractivity contribution in [2.75, 3.05) is 13.7 Å². The largest absolute Gasteiger partial charge is 0.494 e. The Labute approximate surface area is 141 Å². The number of carbonyl (C=O) groups is 2. The SMILES string of the molecule is COc1ccc(CCC(=O)N2CCCC2C(=O)NC2CC2)cc1F. The predicted octanol–water partition coefficient (Wildman–Crippen LogP) is 2.04. The van der Waals surface area contributed by atoms with Gasteiger partial charge in [0.25, 0.3) is 0 Å². The van der Waals surface area contributed by atoms with Crippen molar-refractivity contribution in [1.29, 1.82) is 0 Å². The number of methoxy groups -OCH3 is 1. The van der Waals surface area contributed by atoms with Crippen molar-refractivity contribution >= 4 is 11.8 Å². The minimum absolute atomic E-state index is 0.0289. The second-order valence-corrected chi connectivity index (χ2v) is 6.50. The second-order valence-electron chi connectivity index (χ2n) is 6.50. The van der Waals surface area contributed by atoms with Crippen molar-refractivity contribution in [2.24, 2.45) is 0 Å². The van der Waals surface area contributed by atoms with Crippen LogP contribution in [0.3, 0.4) is 0 Å². The van der Waals surface area contributed by atoms with E-state index in [0.717, 1.165) is 31.2 Å². The first-order chi connectivity index (χ1) is 11.6. The van der Waals surface area contributed by atoms with Crippen LogP contribution in [0.2, 0.25) is 0 Å². The number of amides is 2. The Morgan fingerprint density at radius 1 is 1.33 bits per heavy atom. The summed E-state index contributed by atoms with van der Waals surface area (Å²) >= 11 is 0. The van der Waals surface area contributed by atoms with Crippen molar-refractivity contribution in [3.63, 3.8) is 0 Å². The van der Waals surface area contributed by atoms with Gasteiger partial charge < -0.3 is 15.0 Å². The van der Waals surface area contributed by atoms with Gasteiger partial charge in [-0.1, -0.05) is 6.07 Å². The normalized spacial score (nSPS) is 20.1. The summed E-state index contributed by atoms with van der Waals surface area (Å²) in [6, 6.07) is 4.68. The van der Waals surface area contributed by atoms with E-state index in [4.69, 9.17) is 4.74 Å². The van der Waals surface area contributed by atoms with Gasteiger partial charge in [0.05, 0.1) is 7.11 Å². The standard InChI is InChI=1S/C18H23FN2O3/c1-24-16-8-4-12(11-14(16)19)5-9-17(22)21-10-2-3-15(21)18(23)20-13-6-7-13/h4,8,11,13,15H,2-3,5-7,9-10H2,1H3,(H,20,23). The van der Waals surface area contributed by atoms with Crippen LogP contribution in [0, 0.1) is 5.82 Å². The molecular formula is C18H23FN2O3. The smallest absolute Gasteiger partial charge is 0.243 e. The van der Waals surface area contributed by atoms with E-state index < -0.39 is 5.82 Å². The van der Waals surface area contributed by atoms with Crippen LogP contribution in [0.15, 0.2) is 18.2 Å². The summed E-state index contributed by atoms with van der Waals surface area (Å²) in [5.41, 5.74) is 0.750. The van der Waals surface area contributed by atoms with Gasteiger partial charge in [0.1, 0.15) is 6.04 Å². The van der Waals surface area contributed by atoms with Crippen molar-refractivity contribution in [2.45, 2.75) is 50.6 Å². The third-order valence-corrected chi connectivity index (χ3v) is 4.64. The van der Waals surface area contributed by atoms with E-state index >= 15 is 0 Å². The number of nitrogens with one attached hydrogen (secondary N) is 1. The lowest BCUT2D eigenvalue weighted by Crippen LogP contribution is -2.46. The number of hydrogen-bond donors (Lipinski definition) is 1. The molecule has 3 rings (SSSR count). The maximum atomic E-state index is 13.7. The van der Waals surface area contributed by atoms with Gasteiger partial charge in [-0.25, -0.2) is 4.39 Å². The van der Waals surface area contributed by atoms with E-state index in [-0.39, 0.29) is 30.0 Å². The van der Waals surface area contributed by atoms with Gasteiger partial charge in [-0.05, 0) is 49.8 Å². The molecule has 1 unspecified atom stereocenters. The van der Waals surface area contributed by atoms with Crippen molar-refractivity contribution < 1.29 is 18.7 Å². The summed E-state index contributed by atoms with van der Waals surface area (Å²) in [4.78, 5) is 26.4. The number of halogens is 1. The summed E-state index contributed by atoms with van der Waals surface area (Å²) in [6.45, 7) is 0.624. The molecule has 0 aromatic heterocycles. The molecule has 2 amide bonds. The van der Waals surface area contributed by atoms with E-state index in [1.165, 1.54) is 13.2 Å². The number of carbonyl (C=O) groups excluding carboxylic acids is 2. The number of hydrogen-bond acceptors (Lipinski definition) is 3. The van der Waals surface area contributed by atoms with Gasteiger partial charge in [-0.15, -0.1) is 0 Å². The fourth-order valence-corrected chi connectivity index (χ4v) is 3.12. The van der Waals surface area contributed by atoms with Crippen LogP contribution >= 0.6 is 0 Å².